The van der Waals surface area contributed by atoms with Crippen LogP contribution in [0.4, 0.5) is 0 Å². The Morgan fingerprint density at radius 3 is 2.71 bits per heavy atom. The number of amides is 1. The average molecular weight is 321 g/mol. The lowest BCUT2D eigenvalue weighted by Gasteiger charge is -2.07. The summed E-state index contributed by atoms with van der Waals surface area (Å²) >= 11 is 0. The molecule has 24 heavy (non-hydrogen) atoms. The average Bonchev–Trinajstić information content (AvgIpc) is 3.02. The lowest BCUT2D eigenvalue weighted by atomic mass is 10.1. The fourth-order valence-corrected chi connectivity index (χ4v) is 2.61. The van der Waals surface area contributed by atoms with Crippen molar-refractivity contribution in [3.05, 3.63) is 54.1 Å². The summed E-state index contributed by atoms with van der Waals surface area (Å²) in [6.07, 6.45) is 1.25. The molecular weight excluding hydrogens is 298 g/mol. The molecule has 0 atom stereocenters. The molecule has 0 unspecified atom stereocenters. The van der Waals surface area contributed by atoms with Gasteiger partial charge in [-0.15, -0.1) is 0 Å². The molecule has 4 nitrogen and oxygen atoms in total. The smallest absolute Gasteiger partial charge is 0.220 e. The van der Waals surface area contributed by atoms with Gasteiger partial charge in [0.05, 0.1) is 11.0 Å². The minimum Gasteiger partial charge on any atom is -0.356 e. The Kier molecular flexibility index (Phi) is 4.94. The Morgan fingerprint density at radius 2 is 1.96 bits per heavy atom. The molecule has 1 aromatic heterocycles. The summed E-state index contributed by atoms with van der Waals surface area (Å²) in [5, 5.41) is 2.96. The van der Waals surface area contributed by atoms with Crippen LogP contribution in [0.2, 0.25) is 0 Å². The summed E-state index contributed by atoms with van der Waals surface area (Å²) in [6, 6.07) is 16.2. The second-order valence-electron chi connectivity index (χ2n) is 6.50. The molecule has 2 N–H and O–H groups in total. The zero-order valence-corrected chi connectivity index (χ0v) is 14.2. The minimum absolute atomic E-state index is 0.110. The third kappa shape index (κ3) is 4.02. The van der Waals surface area contributed by atoms with Crippen molar-refractivity contribution in [1.82, 2.24) is 15.3 Å². The molecule has 124 valence electrons. The van der Waals surface area contributed by atoms with Gasteiger partial charge in [-0.05, 0) is 30.0 Å². The first-order valence-corrected chi connectivity index (χ1v) is 8.42. The summed E-state index contributed by atoms with van der Waals surface area (Å²) in [7, 11) is 0. The van der Waals surface area contributed by atoms with Gasteiger partial charge in [-0.1, -0.05) is 50.2 Å². The van der Waals surface area contributed by atoms with Gasteiger partial charge in [0, 0.05) is 18.5 Å². The highest BCUT2D eigenvalue weighted by atomic mass is 16.1. The van der Waals surface area contributed by atoms with Crippen molar-refractivity contribution in [2.75, 3.05) is 6.54 Å². The van der Waals surface area contributed by atoms with Crippen molar-refractivity contribution in [1.29, 1.82) is 0 Å². The molecule has 0 spiro atoms. The van der Waals surface area contributed by atoms with Gasteiger partial charge < -0.3 is 10.3 Å². The Bertz CT molecular complexity index is 821. The number of aryl methyl sites for hydroxylation is 1. The number of nitrogens with one attached hydrogen (secondary N) is 2. The molecule has 3 aromatic rings. The molecule has 0 fully saturated rings. The number of H-pyrrole nitrogens is 1. The molecule has 0 radical (unpaired) electrons. The second-order valence-corrected chi connectivity index (χ2v) is 6.50. The van der Waals surface area contributed by atoms with E-state index >= 15 is 0 Å². The number of benzene rings is 2. The van der Waals surface area contributed by atoms with Crippen LogP contribution in [0.3, 0.4) is 0 Å². The molecule has 1 amide bonds. The van der Waals surface area contributed by atoms with Gasteiger partial charge in [-0.3, -0.25) is 4.79 Å². The Hall–Kier alpha value is -2.62. The lowest BCUT2D eigenvalue weighted by molar-refractivity contribution is -0.121. The first-order chi connectivity index (χ1) is 11.6. The van der Waals surface area contributed by atoms with E-state index in [-0.39, 0.29) is 5.91 Å². The summed E-state index contributed by atoms with van der Waals surface area (Å²) in [4.78, 5) is 19.8. The molecule has 0 saturated heterocycles. The van der Waals surface area contributed by atoms with Crippen molar-refractivity contribution in [3.8, 4) is 11.4 Å². The zero-order chi connectivity index (χ0) is 16.9. The predicted molar refractivity (Wildman–Crippen MR) is 97.7 cm³/mol. The highest BCUT2D eigenvalue weighted by molar-refractivity contribution is 5.80. The summed E-state index contributed by atoms with van der Waals surface area (Å²) in [5.41, 5.74) is 4.17. The van der Waals surface area contributed by atoms with E-state index in [1.54, 1.807) is 0 Å². The normalized spacial score (nSPS) is 11.1. The number of nitrogens with zero attached hydrogens (tertiary/aromatic N) is 1. The number of imidazole rings is 1. The van der Waals surface area contributed by atoms with Gasteiger partial charge in [0.25, 0.3) is 0 Å². The van der Waals surface area contributed by atoms with Crippen LogP contribution >= 0.6 is 0 Å². The molecule has 2 aromatic carbocycles. The van der Waals surface area contributed by atoms with Crippen molar-refractivity contribution >= 4 is 16.9 Å². The number of aromatic amines is 1. The molecule has 0 aliphatic carbocycles. The van der Waals surface area contributed by atoms with Gasteiger partial charge >= 0.3 is 0 Å². The predicted octanol–water partition coefficient (Wildman–Crippen LogP) is 3.93. The first-order valence-electron chi connectivity index (χ1n) is 8.42. The number of hydrogen-bond acceptors (Lipinski definition) is 2. The van der Waals surface area contributed by atoms with Crippen molar-refractivity contribution in [2.45, 2.75) is 26.7 Å². The van der Waals surface area contributed by atoms with Crippen LogP contribution < -0.4 is 5.32 Å². The van der Waals surface area contributed by atoms with Gasteiger partial charge in [0.1, 0.15) is 5.82 Å². The quantitative estimate of drug-likeness (QED) is 0.722. The second kappa shape index (κ2) is 7.30. The molecule has 1 heterocycles. The fourth-order valence-electron chi connectivity index (χ4n) is 2.61. The van der Waals surface area contributed by atoms with Gasteiger partial charge in [0.2, 0.25) is 5.91 Å². The maximum absolute atomic E-state index is 11.8. The van der Waals surface area contributed by atoms with E-state index in [9.17, 15) is 4.79 Å². The number of hydrogen-bond donors (Lipinski definition) is 2. The summed E-state index contributed by atoms with van der Waals surface area (Å²) in [5.74, 6) is 1.46. The van der Waals surface area contributed by atoms with Crippen LogP contribution in [0.5, 0.6) is 0 Å². The van der Waals surface area contributed by atoms with E-state index in [1.807, 2.05) is 42.5 Å². The number of carbonyl (C=O) groups is 1. The van der Waals surface area contributed by atoms with Crippen molar-refractivity contribution in [2.24, 2.45) is 5.92 Å². The molecule has 0 bridgehead atoms. The number of rotatable bonds is 6. The Labute approximate surface area is 142 Å². The SMILES string of the molecule is CC(C)CNC(=O)CCc1ccc2nc(-c3ccccc3)[nH]c2c1. The fraction of sp³-hybridized carbons (Fsp3) is 0.300. The van der Waals surface area contributed by atoms with Crippen LogP contribution in [0.1, 0.15) is 25.8 Å². The lowest BCUT2D eigenvalue weighted by Crippen LogP contribution is -2.27. The standard InChI is InChI=1S/C20H23N3O/c1-14(2)13-21-19(24)11-9-15-8-10-17-18(12-15)23-20(22-17)16-6-4-3-5-7-16/h3-8,10,12,14H,9,11,13H2,1-2H3,(H,21,24)(H,22,23). The van der Waals surface area contributed by atoms with Crippen LogP contribution in [0, 0.1) is 5.92 Å². The van der Waals surface area contributed by atoms with Crippen LogP contribution in [0.25, 0.3) is 22.4 Å². The number of aromatic nitrogens is 2. The van der Waals surface area contributed by atoms with E-state index < -0.39 is 0 Å². The van der Waals surface area contributed by atoms with Crippen LogP contribution in [0.15, 0.2) is 48.5 Å². The van der Waals surface area contributed by atoms with Crippen molar-refractivity contribution < 1.29 is 4.79 Å². The van der Waals surface area contributed by atoms with Gasteiger partial charge in [0.15, 0.2) is 0 Å². The molecule has 0 aliphatic heterocycles. The molecular formula is C20H23N3O. The van der Waals surface area contributed by atoms with Crippen LogP contribution in [-0.4, -0.2) is 22.4 Å². The maximum Gasteiger partial charge on any atom is 0.220 e. The van der Waals surface area contributed by atoms with E-state index in [0.717, 1.165) is 41.0 Å². The first kappa shape index (κ1) is 16.2. The monoisotopic (exact) mass is 321 g/mol. The third-order valence-corrected chi connectivity index (χ3v) is 3.94. The molecule has 4 heteroatoms. The highest BCUT2D eigenvalue weighted by Gasteiger charge is 2.07. The van der Waals surface area contributed by atoms with Gasteiger partial charge in [-0.25, -0.2) is 4.98 Å². The minimum atomic E-state index is 0.110. The van der Waals surface area contributed by atoms with E-state index in [0.29, 0.717) is 12.3 Å². The van der Waals surface area contributed by atoms with E-state index in [2.05, 4.69) is 35.2 Å². The number of carbonyl (C=O) groups excluding carboxylic acids is 1. The topological polar surface area (TPSA) is 57.8 Å². The van der Waals surface area contributed by atoms with E-state index in [1.165, 1.54) is 0 Å². The summed E-state index contributed by atoms with van der Waals surface area (Å²) in [6.45, 7) is 4.92. The Balaban J connectivity index is 1.69. The van der Waals surface area contributed by atoms with Gasteiger partial charge in [-0.2, -0.15) is 0 Å². The van der Waals surface area contributed by atoms with Crippen LogP contribution in [-0.2, 0) is 11.2 Å². The van der Waals surface area contributed by atoms with E-state index in [4.69, 9.17) is 0 Å². The molecule has 3 rings (SSSR count). The Morgan fingerprint density at radius 1 is 1.17 bits per heavy atom. The third-order valence-electron chi connectivity index (χ3n) is 3.94. The number of fused-ring (bicyclic) bond motifs is 1. The molecule has 0 aliphatic rings. The highest BCUT2D eigenvalue weighted by Crippen LogP contribution is 2.21. The van der Waals surface area contributed by atoms with Crippen molar-refractivity contribution in [3.63, 3.8) is 0 Å². The zero-order valence-electron chi connectivity index (χ0n) is 14.2. The maximum atomic E-state index is 11.8. The summed E-state index contributed by atoms with van der Waals surface area (Å²) < 4.78 is 0. The molecule has 0 saturated carbocycles. The largest absolute Gasteiger partial charge is 0.356 e.